The lowest BCUT2D eigenvalue weighted by Crippen LogP contribution is -2.30. The lowest BCUT2D eigenvalue weighted by Gasteiger charge is -2.11. The molecule has 0 radical (unpaired) electrons. The third-order valence-corrected chi connectivity index (χ3v) is 2.11. The van der Waals surface area contributed by atoms with Gasteiger partial charge in [-0.15, -0.1) is 0 Å². The van der Waals surface area contributed by atoms with E-state index >= 15 is 0 Å². The molecule has 0 unspecified atom stereocenters. The molecule has 6 heteroatoms. The molecule has 0 aliphatic heterocycles. The highest BCUT2D eigenvalue weighted by atomic mass is 19.1. The Kier molecular flexibility index (Phi) is 2.66. The zero-order chi connectivity index (χ0) is 12.6. The molecule has 0 amide bonds. The van der Waals surface area contributed by atoms with Gasteiger partial charge in [0.1, 0.15) is 11.6 Å². The van der Waals surface area contributed by atoms with E-state index in [0.717, 1.165) is 18.2 Å². The minimum absolute atomic E-state index is 0.0388. The topological polar surface area (TPSA) is 64.9 Å². The molecule has 2 N–H and O–H groups in total. The molecular formula is C11H11F2N3O. The van der Waals surface area contributed by atoms with Crippen LogP contribution in [0.4, 0.5) is 8.78 Å². The zero-order valence-corrected chi connectivity index (χ0v) is 9.37. The first kappa shape index (κ1) is 11.7. The van der Waals surface area contributed by atoms with Gasteiger partial charge in [0.2, 0.25) is 0 Å². The van der Waals surface area contributed by atoms with Gasteiger partial charge in [-0.3, -0.25) is 0 Å². The maximum absolute atomic E-state index is 13.0. The molecule has 90 valence electrons. The highest BCUT2D eigenvalue weighted by molar-refractivity contribution is 5.52. The Balaban J connectivity index is 2.44. The molecule has 0 bridgehead atoms. The largest absolute Gasteiger partial charge is 0.334 e. The summed E-state index contributed by atoms with van der Waals surface area (Å²) in [6, 6.07) is 3.00. The number of aromatic nitrogens is 2. The maximum atomic E-state index is 13.0. The highest BCUT2D eigenvalue weighted by Crippen LogP contribution is 2.22. The van der Waals surface area contributed by atoms with E-state index < -0.39 is 17.2 Å². The number of rotatable bonds is 2. The van der Waals surface area contributed by atoms with Crippen molar-refractivity contribution in [3.8, 4) is 11.5 Å². The predicted molar refractivity (Wildman–Crippen MR) is 56.9 cm³/mol. The fourth-order valence-electron chi connectivity index (χ4n) is 1.28. The molecule has 0 atom stereocenters. The molecule has 0 aliphatic carbocycles. The number of halogens is 2. The molecule has 1 heterocycles. The third-order valence-electron chi connectivity index (χ3n) is 2.11. The molecule has 0 saturated heterocycles. The molecular weight excluding hydrogens is 228 g/mol. The standard InChI is InChI=1S/C11H11F2N3O/c1-11(2,14)10-15-9(17-16-10)6-3-7(12)5-8(13)4-6/h3-5H,14H2,1-2H3. The fourth-order valence-corrected chi connectivity index (χ4v) is 1.28. The number of hydrogen-bond acceptors (Lipinski definition) is 4. The number of nitrogens with zero attached hydrogens (tertiary/aromatic N) is 2. The molecule has 0 spiro atoms. The van der Waals surface area contributed by atoms with Gasteiger partial charge in [-0.1, -0.05) is 5.16 Å². The van der Waals surface area contributed by atoms with Gasteiger partial charge in [0.15, 0.2) is 5.82 Å². The van der Waals surface area contributed by atoms with Crippen molar-refractivity contribution in [3.63, 3.8) is 0 Å². The summed E-state index contributed by atoms with van der Waals surface area (Å²) >= 11 is 0. The van der Waals surface area contributed by atoms with Crippen molar-refractivity contribution in [2.75, 3.05) is 0 Å². The normalized spacial score (nSPS) is 11.8. The van der Waals surface area contributed by atoms with Gasteiger partial charge in [-0.05, 0) is 26.0 Å². The molecule has 2 rings (SSSR count). The summed E-state index contributed by atoms with van der Waals surface area (Å²) in [4.78, 5) is 4.00. The Hall–Kier alpha value is -1.82. The Morgan fingerprint density at radius 2 is 1.76 bits per heavy atom. The van der Waals surface area contributed by atoms with Crippen LogP contribution in [0.25, 0.3) is 11.5 Å². The van der Waals surface area contributed by atoms with Crippen LogP contribution < -0.4 is 5.73 Å². The van der Waals surface area contributed by atoms with E-state index in [0.29, 0.717) is 0 Å². The Morgan fingerprint density at radius 1 is 1.18 bits per heavy atom. The maximum Gasteiger partial charge on any atom is 0.258 e. The monoisotopic (exact) mass is 239 g/mol. The minimum atomic E-state index is -0.770. The lowest BCUT2D eigenvalue weighted by molar-refractivity contribution is 0.397. The van der Waals surface area contributed by atoms with Crippen molar-refractivity contribution < 1.29 is 13.3 Å². The van der Waals surface area contributed by atoms with Gasteiger partial charge in [-0.2, -0.15) is 4.98 Å². The quantitative estimate of drug-likeness (QED) is 0.872. The van der Waals surface area contributed by atoms with Crippen molar-refractivity contribution in [1.29, 1.82) is 0 Å². The van der Waals surface area contributed by atoms with Crippen LogP contribution in [-0.4, -0.2) is 10.1 Å². The summed E-state index contributed by atoms with van der Waals surface area (Å²) in [5.74, 6) is -1.09. The van der Waals surface area contributed by atoms with Crippen molar-refractivity contribution in [2.24, 2.45) is 5.73 Å². The average molecular weight is 239 g/mol. The van der Waals surface area contributed by atoms with Gasteiger partial charge in [-0.25, -0.2) is 8.78 Å². The summed E-state index contributed by atoms with van der Waals surface area (Å²) in [5, 5.41) is 3.67. The van der Waals surface area contributed by atoms with Crippen LogP contribution in [0.1, 0.15) is 19.7 Å². The van der Waals surface area contributed by atoms with E-state index in [1.165, 1.54) is 0 Å². The second kappa shape index (κ2) is 3.89. The highest BCUT2D eigenvalue weighted by Gasteiger charge is 2.22. The molecule has 4 nitrogen and oxygen atoms in total. The van der Waals surface area contributed by atoms with Gasteiger partial charge in [0, 0.05) is 11.6 Å². The first-order valence-corrected chi connectivity index (χ1v) is 4.96. The summed E-state index contributed by atoms with van der Waals surface area (Å²) in [6.45, 7) is 3.40. The first-order valence-electron chi connectivity index (χ1n) is 4.96. The molecule has 0 saturated carbocycles. The van der Waals surface area contributed by atoms with Crippen molar-refractivity contribution in [3.05, 3.63) is 35.7 Å². The third kappa shape index (κ3) is 2.47. The van der Waals surface area contributed by atoms with Crippen molar-refractivity contribution in [2.45, 2.75) is 19.4 Å². The van der Waals surface area contributed by atoms with E-state index in [-0.39, 0.29) is 17.3 Å². The van der Waals surface area contributed by atoms with Gasteiger partial charge in [0.05, 0.1) is 5.54 Å². The summed E-state index contributed by atoms with van der Waals surface area (Å²) < 4.78 is 30.9. The Bertz CT molecular complexity index is 526. The van der Waals surface area contributed by atoms with Crippen LogP contribution in [0.2, 0.25) is 0 Å². The van der Waals surface area contributed by atoms with Crippen molar-refractivity contribution in [1.82, 2.24) is 10.1 Å². The summed E-state index contributed by atoms with van der Waals surface area (Å²) in [5.41, 5.74) is 5.19. The summed E-state index contributed by atoms with van der Waals surface area (Å²) in [7, 11) is 0. The van der Waals surface area contributed by atoms with Crippen LogP contribution in [0.3, 0.4) is 0 Å². The van der Waals surface area contributed by atoms with Crippen molar-refractivity contribution >= 4 is 0 Å². The lowest BCUT2D eigenvalue weighted by atomic mass is 10.1. The molecule has 1 aromatic heterocycles. The van der Waals surface area contributed by atoms with E-state index in [4.69, 9.17) is 10.3 Å². The minimum Gasteiger partial charge on any atom is -0.334 e. The van der Waals surface area contributed by atoms with Gasteiger partial charge >= 0.3 is 0 Å². The number of nitrogens with two attached hydrogens (primary N) is 1. The van der Waals surface area contributed by atoms with Crippen LogP contribution in [0.15, 0.2) is 22.7 Å². The van der Waals surface area contributed by atoms with Crippen LogP contribution >= 0.6 is 0 Å². The number of benzene rings is 1. The molecule has 17 heavy (non-hydrogen) atoms. The Labute approximate surface area is 96.4 Å². The number of hydrogen-bond donors (Lipinski definition) is 1. The molecule has 2 aromatic rings. The Morgan fingerprint density at radius 3 is 2.24 bits per heavy atom. The van der Waals surface area contributed by atoms with Crippen LogP contribution in [0, 0.1) is 11.6 Å². The second-order valence-corrected chi connectivity index (χ2v) is 4.30. The summed E-state index contributed by atoms with van der Waals surface area (Å²) in [6.07, 6.45) is 0. The van der Waals surface area contributed by atoms with E-state index in [1.54, 1.807) is 13.8 Å². The predicted octanol–water partition coefficient (Wildman–Crippen LogP) is 2.21. The van der Waals surface area contributed by atoms with Gasteiger partial charge < -0.3 is 10.3 Å². The van der Waals surface area contributed by atoms with Crippen LogP contribution in [-0.2, 0) is 5.54 Å². The molecule has 1 aromatic carbocycles. The van der Waals surface area contributed by atoms with E-state index in [9.17, 15) is 8.78 Å². The van der Waals surface area contributed by atoms with E-state index in [2.05, 4.69) is 10.1 Å². The second-order valence-electron chi connectivity index (χ2n) is 4.30. The van der Waals surface area contributed by atoms with Gasteiger partial charge in [0.25, 0.3) is 5.89 Å². The molecule has 0 fully saturated rings. The van der Waals surface area contributed by atoms with E-state index in [1.807, 2.05) is 0 Å². The average Bonchev–Trinajstić information content (AvgIpc) is 2.63. The smallest absolute Gasteiger partial charge is 0.258 e. The fraction of sp³-hybridized carbons (Fsp3) is 0.273. The zero-order valence-electron chi connectivity index (χ0n) is 9.37. The SMILES string of the molecule is CC(C)(N)c1noc(-c2cc(F)cc(F)c2)n1. The molecule has 0 aliphatic rings. The first-order chi connectivity index (χ1) is 7.86. The van der Waals surface area contributed by atoms with Crippen LogP contribution in [0.5, 0.6) is 0 Å².